The van der Waals surface area contributed by atoms with Gasteiger partial charge in [0, 0.05) is 36.4 Å². The van der Waals surface area contributed by atoms with Crippen LogP contribution in [0.2, 0.25) is 0 Å². The van der Waals surface area contributed by atoms with Gasteiger partial charge in [-0.3, -0.25) is 0 Å². The molecule has 4 rings (SSSR count). The summed E-state index contributed by atoms with van der Waals surface area (Å²) in [7, 11) is 1.92. The van der Waals surface area contributed by atoms with Crippen molar-refractivity contribution < 1.29 is 9.66 Å². The highest BCUT2D eigenvalue weighted by molar-refractivity contribution is 7.15. The maximum atomic E-state index is 11.5. The first kappa shape index (κ1) is 14.0. The molecule has 1 aliphatic carbocycles. The van der Waals surface area contributed by atoms with Crippen LogP contribution in [0.3, 0.4) is 0 Å². The van der Waals surface area contributed by atoms with Crippen molar-refractivity contribution in [2.45, 2.75) is 32.4 Å². The number of aromatic nitrogens is 2. The van der Waals surface area contributed by atoms with Crippen molar-refractivity contribution in [2.24, 2.45) is 11.3 Å². The zero-order chi connectivity index (χ0) is 15.6. The summed E-state index contributed by atoms with van der Waals surface area (Å²) in [6.45, 7) is 5.12. The topological polar surface area (TPSA) is 72.9 Å². The monoisotopic (exact) mass is 322 g/mol. The third kappa shape index (κ3) is 1.62. The van der Waals surface area contributed by atoms with E-state index in [2.05, 4.69) is 18.8 Å². The highest BCUT2D eigenvalue weighted by atomic mass is 32.1. The number of hydrogen-bond donors (Lipinski definition) is 0. The minimum atomic E-state index is -0.340. The molecule has 1 saturated carbocycles. The molecule has 2 aromatic rings. The van der Waals surface area contributed by atoms with Crippen LogP contribution in [0.25, 0.3) is 4.96 Å². The summed E-state index contributed by atoms with van der Waals surface area (Å²) in [6.07, 6.45) is 2.97. The molecule has 8 heteroatoms. The van der Waals surface area contributed by atoms with E-state index in [1.807, 2.05) is 17.3 Å². The van der Waals surface area contributed by atoms with Gasteiger partial charge in [0.05, 0.1) is 6.10 Å². The van der Waals surface area contributed by atoms with Crippen molar-refractivity contribution in [1.82, 2.24) is 9.38 Å². The lowest BCUT2D eigenvalue weighted by molar-refractivity contribution is -0.389. The number of ether oxygens (including phenoxy) is 1. The van der Waals surface area contributed by atoms with E-state index >= 15 is 0 Å². The smallest absolute Gasteiger partial charge is 0.373 e. The van der Waals surface area contributed by atoms with Crippen LogP contribution >= 0.6 is 11.3 Å². The molecule has 0 radical (unpaired) electrons. The van der Waals surface area contributed by atoms with Gasteiger partial charge in [0.2, 0.25) is 5.82 Å². The summed E-state index contributed by atoms with van der Waals surface area (Å²) in [6, 6.07) is 0.211. The van der Waals surface area contributed by atoms with E-state index < -0.39 is 0 Å². The van der Waals surface area contributed by atoms with Crippen LogP contribution in [0.1, 0.15) is 20.3 Å². The Balaban J connectivity index is 1.77. The molecule has 22 heavy (non-hydrogen) atoms. The summed E-state index contributed by atoms with van der Waals surface area (Å²) >= 11 is 1.41. The Morgan fingerprint density at radius 2 is 2.36 bits per heavy atom. The normalized spacial score (nSPS) is 29.3. The summed E-state index contributed by atoms with van der Waals surface area (Å²) in [5.74, 6) is 0.941. The lowest BCUT2D eigenvalue weighted by Crippen LogP contribution is -2.66. The van der Waals surface area contributed by atoms with Crippen molar-refractivity contribution in [1.29, 1.82) is 0 Å². The second-order valence-corrected chi connectivity index (χ2v) is 7.57. The Hall–Kier alpha value is -1.67. The molecule has 118 valence electrons. The van der Waals surface area contributed by atoms with Gasteiger partial charge in [-0.05, 0) is 11.3 Å². The second-order valence-electron chi connectivity index (χ2n) is 6.69. The van der Waals surface area contributed by atoms with E-state index in [4.69, 9.17) is 4.74 Å². The summed E-state index contributed by atoms with van der Waals surface area (Å²) in [5, 5.41) is 13.3. The molecule has 1 saturated heterocycles. The van der Waals surface area contributed by atoms with E-state index in [1.54, 1.807) is 10.6 Å². The number of anilines is 1. The zero-order valence-electron chi connectivity index (χ0n) is 12.7. The van der Waals surface area contributed by atoms with Crippen LogP contribution in [0, 0.1) is 21.4 Å². The molecule has 0 bridgehead atoms. The maximum absolute atomic E-state index is 11.5. The summed E-state index contributed by atoms with van der Waals surface area (Å²) < 4.78 is 7.38. The van der Waals surface area contributed by atoms with Crippen molar-refractivity contribution in [3.8, 4) is 0 Å². The van der Waals surface area contributed by atoms with Crippen molar-refractivity contribution >= 4 is 27.9 Å². The molecule has 0 spiro atoms. The van der Waals surface area contributed by atoms with Gasteiger partial charge in [0.25, 0.3) is 4.96 Å². The van der Waals surface area contributed by atoms with Crippen LogP contribution in [-0.4, -0.2) is 40.1 Å². The van der Waals surface area contributed by atoms with Crippen molar-refractivity contribution in [3.63, 3.8) is 0 Å². The predicted molar refractivity (Wildman–Crippen MR) is 83.5 cm³/mol. The molecule has 0 N–H and O–H groups in total. The largest absolute Gasteiger partial charge is 0.377 e. The van der Waals surface area contributed by atoms with Gasteiger partial charge in [0.1, 0.15) is 6.20 Å². The predicted octanol–water partition coefficient (Wildman–Crippen LogP) is 2.55. The number of nitrogens with zero attached hydrogens (tertiary/aromatic N) is 4. The number of imidazole rings is 1. The number of fused-ring (bicyclic) bond motifs is 2. The summed E-state index contributed by atoms with van der Waals surface area (Å²) in [5.41, 5.74) is -0.0270. The van der Waals surface area contributed by atoms with Gasteiger partial charge in [-0.15, -0.1) is 0 Å². The Morgan fingerprint density at radius 1 is 1.59 bits per heavy atom. The molecular formula is C14H18N4O3S. The lowest BCUT2D eigenvalue weighted by atomic mass is 9.57. The molecule has 0 unspecified atom stereocenters. The maximum Gasteiger partial charge on any atom is 0.373 e. The number of thiazole rings is 1. The van der Waals surface area contributed by atoms with Gasteiger partial charge in [-0.1, -0.05) is 25.2 Å². The van der Waals surface area contributed by atoms with Gasteiger partial charge in [-0.2, -0.15) is 9.38 Å². The van der Waals surface area contributed by atoms with Gasteiger partial charge < -0.3 is 19.8 Å². The summed E-state index contributed by atoms with van der Waals surface area (Å²) in [4.78, 5) is 18.3. The molecule has 7 nitrogen and oxygen atoms in total. The van der Waals surface area contributed by atoms with E-state index in [1.165, 1.54) is 11.3 Å². The zero-order valence-corrected chi connectivity index (χ0v) is 13.5. The van der Waals surface area contributed by atoms with Gasteiger partial charge >= 0.3 is 5.82 Å². The van der Waals surface area contributed by atoms with E-state index in [-0.39, 0.29) is 28.3 Å². The highest BCUT2D eigenvalue weighted by Crippen LogP contribution is 2.55. The Bertz CT molecular complexity index is 752. The fourth-order valence-electron chi connectivity index (χ4n) is 4.38. The molecule has 0 aromatic carbocycles. The second kappa shape index (κ2) is 4.42. The van der Waals surface area contributed by atoms with E-state index in [9.17, 15) is 10.1 Å². The Kier molecular flexibility index (Phi) is 2.80. The minimum absolute atomic E-state index is 0.0270. The third-order valence-corrected chi connectivity index (χ3v) is 5.94. The average Bonchev–Trinajstić information content (AvgIpc) is 3.10. The first-order chi connectivity index (χ1) is 10.4. The molecule has 2 aromatic heterocycles. The van der Waals surface area contributed by atoms with Crippen LogP contribution in [0.4, 0.5) is 11.6 Å². The van der Waals surface area contributed by atoms with Crippen LogP contribution in [-0.2, 0) is 4.74 Å². The lowest BCUT2D eigenvalue weighted by Gasteiger charge is -2.57. The van der Waals surface area contributed by atoms with Gasteiger partial charge in [-0.25, -0.2) is 0 Å². The number of nitro groups is 1. The van der Waals surface area contributed by atoms with Crippen molar-refractivity contribution in [2.75, 3.05) is 18.6 Å². The highest BCUT2D eigenvalue weighted by Gasteiger charge is 2.61. The fourth-order valence-corrected chi connectivity index (χ4v) is 5.09. The van der Waals surface area contributed by atoms with E-state index in [0.717, 1.165) is 13.0 Å². The number of hydrogen-bond acceptors (Lipinski definition) is 6. The molecule has 3 atom stereocenters. The molecule has 3 heterocycles. The minimum Gasteiger partial charge on any atom is -0.377 e. The first-order valence-electron chi connectivity index (χ1n) is 7.37. The Labute approximate surface area is 131 Å². The quantitative estimate of drug-likeness (QED) is 0.641. The standard InChI is InChI=1S/C14H18N4O3S/c1-14(2)9(8-4-6-21-10(8)14)16(3)11-12(18(19)20)17-5-7-22-13(17)15-11/h5,7-10H,4,6H2,1-3H3/t8-,9+,10+/m0/s1. The number of rotatable bonds is 3. The van der Waals surface area contributed by atoms with Crippen LogP contribution < -0.4 is 4.90 Å². The van der Waals surface area contributed by atoms with Crippen LogP contribution in [0.15, 0.2) is 11.6 Å². The molecule has 2 fully saturated rings. The molecular weight excluding hydrogens is 304 g/mol. The van der Waals surface area contributed by atoms with Crippen molar-refractivity contribution in [3.05, 3.63) is 21.7 Å². The van der Waals surface area contributed by atoms with Crippen LogP contribution in [0.5, 0.6) is 0 Å². The van der Waals surface area contributed by atoms with Gasteiger partial charge in [0.15, 0.2) is 0 Å². The van der Waals surface area contributed by atoms with E-state index in [0.29, 0.717) is 16.7 Å². The molecule has 1 aliphatic heterocycles. The molecule has 2 aliphatic rings. The Morgan fingerprint density at radius 3 is 3.09 bits per heavy atom. The fraction of sp³-hybridized carbons (Fsp3) is 0.643. The first-order valence-corrected chi connectivity index (χ1v) is 8.25. The SMILES string of the molecule is CN(c1nc2sccn2c1[N+](=O)[O-])[C@@H]1[C@@H]2CCO[C@H]2C1(C)C. The average molecular weight is 322 g/mol. The molecule has 0 amide bonds. The third-order valence-electron chi connectivity index (χ3n) is 5.18.